The monoisotopic (exact) mass is 415 g/mol. The summed E-state index contributed by atoms with van der Waals surface area (Å²) in [7, 11) is 0. The lowest BCUT2D eigenvalue weighted by Gasteiger charge is -2.32. The summed E-state index contributed by atoms with van der Waals surface area (Å²) in [4.78, 5) is 1.27. The van der Waals surface area contributed by atoms with E-state index < -0.39 is 0 Å². The first kappa shape index (κ1) is 14.6. The van der Waals surface area contributed by atoms with Crippen molar-refractivity contribution in [1.82, 2.24) is 5.32 Å². The molecular weight excluding hydrogens is 402 g/mol. The van der Waals surface area contributed by atoms with Crippen LogP contribution in [0.5, 0.6) is 5.75 Å². The minimum atomic E-state index is 0.113. The molecule has 1 N–H and O–H groups in total. The first-order chi connectivity index (χ1) is 9.69. The molecule has 1 aromatic carbocycles. The fraction of sp³-hybridized carbons (Fsp3) is 0.333. The van der Waals surface area contributed by atoms with E-state index in [1.165, 1.54) is 10.4 Å². The standard InChI is InChI=1S/C15H15Br2NOS/c1-2-18-12-8-14(15-11(17)5-6-20-15)19-13-4-3-9(16)7-10(12)13/h3-7,12,14,18H,2,8H2,1H3. The van der Waals surface area contributed by atoms with E-state index in [9.17, 15) is 0 Å². The van der Waals surface area contributed by atoms with Crippen LogP contribution in [0.25, 0.3) is 0 Å². The number of halogens is 2. The van der Waals surface area contributed by atoms with Gasteiger partial charge in [-0.1, -0.05) is 22.9 Å². The highest BCUT2D eigenvalue weighted by molar-refractivity contribution is 9.10. The molecule has 0 aliphatic carbocycles. The Hall–Kier alpha value is -0.360. The summed E-state index contributed by atoms with van der Waals surface area (Å²) in [5, 5.41) is 5.67. The zero-order chi connectivity index (χ0) is 14.1. The number of hydrogen-bond donors (Lipinski definition) is 1. The van der Waals surface area contributed by atoms with Crippen LogP contribution in [0, 0.1) is 0 Å². The Labute approximate surface area is 139 Å². The number of benzene rings is 1. The second kappa shape index (κ2) is 6.18. The Morgan fingerprint density at radius 2 is 2.20 bits per heavy atom. The maximum Gasteiger partial charge on any atom is 0.136 e. The van der Waals surface area contributed by atoms with Crippen LogP contribution in [0.2, 0.25) is 0 Å². The van der Waals surface area contributed by atoms with Crippen molar-refractivity contribution < 1.29 is 4.74 Å². The molecule has 1 aliphatic rings. The molecule has 0 bridgehead atoms. The van der Waals surface area contributed by atoms with Crippen LogP contribution in [-0.2, 0) is 0 Å². The minimum Gasteiger partial charge on any atom is -0.484 e. The molecule has 106 valence electrons. The second-order valence-corrected chi connectivity index (χ2v) is 7.49. The van der Waals surface area contributed by atoms with E-state index in [0.29, 0.717) is 6.04 Å². The largest absolute Gasteiger partial charge is 0.484 e. The Morgan fingerprint density at radius 3 is 2.90 bits per heavy atom. The number of fused-ring (bicyclic) bond motifs is 1. The molecule has 2 aromatic rings. The van der Waals surface area contributed by atoms with Gasteiger partial charge in [-0.15, -0.1) is 11.3 Å². The molecule has 2 heterocycles. The zero-order valence-corrected chi connectivity index (χ0v) is 15.0. The molecular formula is C15H15Br2NOS. The van der Waals surface area contributed by atoms with Gasteiger partial charge in [-0.3, -0.25) is 0 Å². The fourth-order valence-electron chi connectivity index (χ4n) is 2.58. The van der Waals surface area contributed by atoms with Gasteiger partial charge in [-0.05, 0) is 52.1 Å². The van der Waals surface area contributed by atoms with Gasteiger partial charge in [0.1, 0.15) is 11.9 Å². The molecule has 0 spiro atoms. The number of rotatable bonds is 3. The Balaban J connectivity index is 1.96. The van der Waals surface area contributed by atoms with Gasteiger partial charge in [0.2, 0.25) is 0 Å². The van der Waals surface area contributed by atoms with Gasteiger partial charge < -0.3 is 10.1 Å². The van der Waals surface area contributed by atoms with Crippen molar-refractivity contribution in [2.75, 3.05) is 6.54 Å². The van der Waals surface area contributed by atoms with Crippen molar-refractivity contribution in [2.24, 2.45) is 0 Å². The SMILES string of the molecule is CCNC1CC(c2sccc2Br)Oc2ccc(Br)cc21. The Bertz CT molecular complexity index is 614. The number of hydrogen-bond acceptors (Lipinski definition) is 3. The maximum atomic E-state index is 6.21. The smallest absolute Gasteiger partial charge is 0.136 e. The molecule has 2 nitrogen and oxygen atoms in total. The van der Waals surface area contributed by atoms with E-state index in [2.05, 4.69) is 67.7 Å². The lowest BCUT2D eigenvalue weighted by atomic mass is 9.96. The average Bonchev–Trinajstić information content (AvgIpc) is 2.85. The van der Waals surface area contributed by atoms with E-state index in [4.69, 9.17) is 4.74 Å². The lowest BCUT2D eigenvalue weighted by Crippen LogP contribution is -2.28. The van der Waals surface area contributed by atoms with Gasteiger partial charge in [0.05, 0.1) is 4.88 Å². The van der Waals surface area contributed by atoms with Gasteiger partial charge >= 0.3 is 0 Å². The van der Waals surface area contributed by atoms with Crippen LogP contribution in [0.15, 0.2) is 38.6 Å². The highest BCUT2D eigenvalue weighted by atomic mass is 79.9. The Kier molecular flexibility index (Phi) is 4.50. The van der Waals surface area contributed by atoms with E-state index in [-0.39, 0.29) is 6.10 Å². The highest BCUT2D eigenvalue weighted by Crippen LogP contribution is 2.44. The van der Waals surface area contributed by atoms with Crippen molar-refractivity contribution in [1.29, 1.82) is 0 Å². The summed E-state index contributed by atoms with van der Waals surface area (Å²) < 4.78 is 8.45. The van der Waals surface area contributed by atoms with Crippen LogP contribution in [0.4, 0.5) is 0 Å². The summed E-state index contributed by atoms with van der Waals surface area (Å²) >= 11 is 8.91. The zero-order valence-electron chi connectivity index (χ0n) is 11.0. The lowest BCUT2D eigenvalue weighted by molar-refractivity contribution is 0.154. The van der Waals surface area contributed by atoms with Crippen LogP contribution >= 0.6 is 43.2 Å². The predicted molar refractivity (Wildman–Crippen MR) is 90.6 cm³/mol. The predicted octanol–water partition coefficient (Wildman–Crippen LogP) is 5.45. The summed E-state index contributed by atoms with van der Waals surface area (Å²) in [6.07, 6.45) is 1.07. The Morgan fingerprint density at radius 1 is 1.35 bits per heavy atom. The van der Waals surface area contributed by atoms with Crippen LogP contribution in [0.1, 0.15) is 35.9 Å². The van der Waals surface area contributed by atoms with E-state index in [1.807, 2.05) is 6.07 Å². The maximum absolute atomic E-state index is 6.21. The van der Waals surface area contributed by atoms with Crippen LogP contribution < -0.4 is 10.1 Å². The van der Waals surface area contributed by atoms with Crippen LogP contribution in [-0.4, -0.2) is 6.54 Å². The number of ether oxygens (including phenoxy) is 1. The molecule has 2 atom stereocenters. The topological polar surface area (TPSA) is 21.3 Å². The van der Waals surface area contributed by atoms with E-state index >= 15 is 0 Å². The van der Waals surface area contributed by atoms with Crippen molar-refractivity contribution >= 4 is 43.2 Å². The van der Waals surface area contributed by atoms with Gasteiger partial charge in [0, 0.05) is 27.0 Å². The molecule has 0 fully saturated rings. The minimum absolute atomic E-state index is 0.113. The summed E-state index contributed by atoms with van der Waals surface area (Å²) in [5.41, 5.74) is 1.24. The molecule has 2 unspecified atom stereocenters. The third-order valence-corrected chi connectivity index (χ3v) is 5.91. The van der Waals surface area contributed by atoms with Crippen molar-refractivity contribution in [2.45, 2.75) is 25.5 Å². The van der Waals surface area contributed by atoms with Crippen molar-refractivity contribution in [3.05, 3.63) is 49.0 Å². The summed E-state index contributed by atoms with van der Waals surface area (Å²) in [5.74, 6) is 0.982. The van der Waals surface area contributed by atoms with Crippen LogP contribution in [0.3, 0.4) is 0 Å². The van der Waals surface area contributed by atoms with Gasteiger partial charge in [0.15, 0.2) is 0 Å². The highest BCUT2D eigenvalue weighted by Gasteiger charge is 2.30. The molecule has 3 rings (SSSR count). The number of thiophene rings is 1. The normalized spacial score (nSPS) is 21.4. The third kappa shape index (κ3) is 2.82. The molecule has 1 aromatic heterocycles. The molecule has 0 saturated heterocycles. The first-order valence-electron chi connectivity index (χ1n) is 6.61. The third-order valence-electron chi connectivity index (χ3n) is 3.45. The summed E-state index contributed by atoms with van der Waals surface area (Å²) in [6.45, 7) is 3.10. The molecule has 0 saturated carbocycles. The van der Waals surface area contributed by atoms with E-state index in [0.717, 1.165) is 27.7 Å². The second-order valence-electron chi connectivity index (χ2n) is 4.77. The molecule has 1 aliphatic heterocycles. The number of nitrogens with one attached hydrogen (secondary N) is 1. The molecule has 5 heteroatoms. The molecule has 0 amide bonds. The van der Waals surface area contributed by atoms with Crippen molar-refractivity contribution in [3.8, 4) is 5.75 Å². The van der Waals surface area contributed by atoms with Gasteiger partial charge in [-0.25, -0.2) is 0 Å². The first-order valence-corrected chi connectivity index (χ1v) is 9.08. The quantitative estimate of drug-likeness (QED) is 0.718. The summed E-state index contributed by atoms with van der Waals surface area (Å²) in [6, 6.07) is 8.66. The molecule has 0 radical (unpaired) electrons. The van der Waals surface area contributed by atoms with E-state index in [1.54, 1.807) is 11.3 Å². The molecule has 20 heavy (non-hydrogen) atoms. The van der Waals surface area contributed by atoms with Gasteiger partial charge in [-0.2, -0.15) is 0 Å². The van der Waals surface area contributed by atoms with Gasteiger partial charge in [0.25, 0.3) is 0 Å². The fourth-order valence-corrected chi connectivity index (χ4v) is 4.63. The van der Waals surface area contributed by atoms with Crippen molar-refractivity contribution in [3.63, 3.8) is 0 Å². The average molecular weight is 417 g/mol.